The Kier molecular flexibility index (Phi) is 4.50. The number of nitrogens with zero attached hydrogens (tertiary/aromatic N) is 1. The van der Waals surface area contributed by atoms with E-state index in [2.05, 4.69) is 31.9 Å². The molecule has 0 saturated carbocycles. The van der Waals surface area contributed by atoms with E-state index < -0.39 is 0 Å². The van der Waals surface area contributed by atoms with Crippen molar-refractivity contribution in [2.24, 2.45) is 5.92 Å². The molecule has 1 heterocycles. The summed E-state index contributed by atoms with van der Waals surface area (Å²) in [6.45, 7) is 1.48. The lowest BCUT2D eigenvalue weighted by Crippen LogP contribution is -2.24. The second-order valence-electron chi connectivity index (χ2n) is 4.25. The van der Waals surface area contributed by atoms with E-state index >= 15 is 0 Å². The van der Waals surface area contributed by atoms with Crippen LogP contribution in [-0.4, -0.2) is 22.7 Å². The van der Waals surface area contributed by atoms with Crippen LogP contribution < -0.4 is 0 Å². The summed E-state index contributed by atoms with van der Waals surface area (Å²) in [7, 11) is 0. The average molecular weight is 381 g/mol. The summed E-state index contributed by atoms with van der Waals surface area (Å²) < 4.78 is 0.883. The maximum absolute atomic E-state index is 11.8. The number of hydrogen-bond acceptors (Lipinski definition) is 1. The van der Waals surface area contributed by atoms with Crippen molar-refractivity contribution in [3.63, 3.8) is 0 Å². The van der Waals surface area contributed by atoms with Crippen molar-refractivity contribution in [1.82, 2.24) is 4.90 Å². The summed E-state index contributed by atoms with van der Waals surface area (Å²) in [5.74, 6) is 0.668. The summed E-state index contributed by atoms with van der Waals surface area (Å²) in [4.78, 5) is 13.7. The molecule has 2 rings (SSSR count). The molecule has 1 aromatic carbocycles. The Morgan fingerprint density at radius 2 is 2.24 bits per heavy atom. The number of benzene rings is 1. The lowest BCUT2D eigenvalue weighted by atomic mass is 10.2. The topological polar surface area (TPSA) is 20.3 Å². The molecule has 0 aromatic heterocycles. The first-order valence-electron chi connectivity index (χ1n) is 5.38. The Balaban J connectivity index is 2.06. The standard InChI is InChI=1S/C12H12Br2ClNO/c13-5-9-4-12(17)16(7-9)6-8-1-2-10(14)11(15)3-8/h1-3,9H,4-7H2. The number of carbonyl (C=O) groups is 1. The van der Waals surface area contributed by atoms with Gasteiger partial charge in [-0.1, -0.05) is 33.6 Å². The molecule has 1 amide bonds. The minimum Gasteiger partial charge on any atom is -0.338 e. The minimum absolute atomic E-state index is 0.230. The van der Waals surface area contributed by atoms with Crippen molar-refractivity contribution in [3.8, 4) is 0 Å². The summed E-state index contributed by atoms with van der Waals surface area (Å²) in [5.41, 5.74) is 1.07. The lowest BCUT2D eigenvalue weighted by Gasteiger charge is -2.16. The van der Waals surface area contributed by atoms with Crippen LogP contribution in [0.3, 0.4) is 0 Å². The summed E-state index contributed by atoms with van der Waals surface area (Å²) in [5, 5.41) is 1.57. The predicted molar refractivity (Wildman–Crippen MR) is 76.5 cm³/mol. The van der Waals surface area contributed by atoms with Crippen molar-refractivity contribution < 1.29 is 4.79 Å². The van der Waals surface area contributed by atoms with Crippen LogP contribution in [0, 0.1) is 5.92 Å². The highest BCUT2D eigenvalue weighted by molar-refractivity contribution is 9.10. The first kappa shape index (κ1) is 13.4. The maximum Gasteiger partial charge on any atom is 0.223 e. The Morgan fingerprint density at radius 3 is 2.82 bits per heavy atom. The summed E-state index contributed by atoms with van der Waals surface area (Å²) >= 11 is 12.8. The summed E-state index contributed by atoms with van der Waals surface area (Å²) in [6, 6.07) is 5.81. The van der Waals surface area contributed by atoms with E-state index in [0.717, 1.165) is 21.9 Å². The number of hydrogen-bond donors (Lipinski definition) is 0. The molecular weight excluding hydrogens is 369 g/mol. The number of likely N-dealkylation sites (tertiary alicyclic amines) is 1. The molecule has 0 spiro atoms. The molecule has 0 bridgehead atoms. The molecule has 1 aliphatic rings. The Morgan fingerprint density at radius 1 is 1.47 bits per heavy atom. The van der Waals surface area contributed by atoms with Gasteiger partial charge in [-0.3, -0.25) is 4.79 Å². The number of halogens is 3. The van der Waals surface area contributed by atoms with E-state index in [1.54, 1.807) is 0 Å². The van der Waals surface area contributed by atoms with Crippen LogP contribution in [-0.2, 0) is 11.3 Å². The van der Waals surface area contributed by atoms with Crippen molar-refractivity contribution in [2.45, 2.75) is 13.0 Å². The van der Waals surface area contributed by atoms with Crippen LogP contribution in [0.1, 0.15) is 12.0 Å². The van der Waals surface area contributed by atoms with Crippen molar-refractivity contribution in [3.05, 3.63) is 33.3 Å². The molecule has 5 heteroatoms. The molecular formula is C12H12Br2ClNO. The van der Waals surface area contributed by atoms with Gasteiger partial charge in [-0.25, -0.2) is 0 Å². The molecule has 17 heavy (non-hydrogen) atoms. The third-order valence-electron chi connectivity index (χ3n) is 2.87. The van der Waals surface area contributed by atoms with Crippen LogP contribution >= 0.6 is 43.5 Å². The fourth-order valence-electron chi connectivity index (χ4n) is 1.97. The van der Waals surface area contributed by atoms with E-state index in [1.165, 1.54) is 0 Å². The van der Waals surface area contributed by atoms with E-state index in [4.69, 9.17) is 11.6 Å². The van der Waals surface area contributed by atoms with E-state index in [1.807, 2.05) is 23.1 Å². The average Bonchev–Trinajstić information content (AvgIpc) is 2.65. The van der Waals surface area contributed by atoms with Gasteiger partial charge in [-0.15, -0.1) is 0 Å². The number of amides is 1. The molecule has 0 aliphatic carbocycles. The predicted octanol–water partition coefficient (Wildman–Crippen LogP) is 3.85. The number of alkyl halides is 1. The normalized spacial score (nSPS) is 20.1. The Hall–Kier alpha value is -0.0600. The Labute approximate surface area is 123 Å². The molecule has 1 unspecified atom stereocenters. The molecule has 1 saturated heterocycles. The van der Waals surface area contributed by atoms with Crippen molar-refractivity contribution in [1.29, 1.82) is 0 Å². The number of rotatable bonds is 3. The molecule has 0 radical (unpaired) electrons. The zero-order chi connectivity index (χ0) is 12.4. The largest absolute Gasteiger partial charge is 0.338 e. The van der Waals surface area contributed by atoms with Gasteiger partial charge in [0.05, 0.1) is 5.02 Å². The van der Waals surface area contributed by atoms with Crippen molar-refractivity contribution in [2.75, 3.05) is 11.9 Å². The molecule has 1 aliphatic heterocycles. The van der Waals surface area contributed by atoms with E-state index in [0.29, 0.717) is 23.9 Å². The highest BCUT2D eigenvalue weighted by Crippen LogP contribution is 2.26. The van der Waals surface area contributed by atoms with Crippen molar-refractivity contribution >= 4 is 49.4 Å². The first-order chi connectivity index (χ1) is 8.10. The smallest absolute Gasteiger partial charge is 0.223 e. The fourth-order valence-corrected chi connectivity index (χ4v) is 2.85. The maximum atomic E-state index is 11.8. The summed E-state index contributed by atoms with van der Waals surface area (Å²) in [6.07, 6.45) is 0.648. The minimum atomic E-state index is 0.230. The van der Waals surface area contributed by atoms with Crippen LogP contribution in [0.2, 0.25) is 5.02 Å². The molecule has 92 valence electrons. The first-order valence-corrected chi connectivity index (χ1v) is 7.67. The van der Waals surface area contributed by atoms with Crippen LogP contribution in [0.5, 0.6) is 0 Å². The molecule has 1 atom stereocenters. The zero-order valence-corrected chi connectivity index (χ0v) is 13.1. The van der Waals surface area contributed by atoms with E-state index in [-0.39, 0.29) is 5.91 Å². The highest BCUT2D eigenvalue weighted by atomic mass is 79.9. The molecule has 2 nitrogen and oxygen atoms in total. The SMILES string of the molecule is O=C1CC(CBr)CN1Cc1ccc(Br)c(Cl)c1. The molecule has 1 aromatic rings. The Bertz CT molecular complexity index is 439. The van der Waals surface area contributed by atoms with Crippen LogP contribution in [0.25, 0.3) is 0 Å². The number of carbonyl (C=O) groups excluding carboxylic acids is 1. The quantitative estimate of drug-likeness (QED) is 0.729. The highest BCUT2D eigenvalue weighted by Gasteiger charge is 2.28. The van der Waals surface area contributed by atoms with Gasteiger partial charge in [0, 0.05) is 29.3 Å². The molecule has 1 fully saturated rings. The van der Waals surface area contributed by atoms with Gasteiger partial charge < -0.3 is 4.90 Å². The van der Waals surface area contributed by atoms with E-state index in [9.17, 15) is 4.79 Å². The van der Waals surface area contributed by atoms with Gasteiger partial charge in [0.1, 0.15) is 0 Å². The third-order valence-corrected chi connectivity index (χ3v) is 5.02. The third kappa shape index (κ3) is 3.24. The lowest BCUT2D eigenvalue weighted by molar-refractivity contribution is -0.128. The van der Waals surface area contributed by atoms with Gasteiger partial charge in [-0.05, 0) is 39.5 Å². The van der Waals surface area contributed by atoms with Crippen LogP contribution in [0.4, 0.5) is 0 Å². The zero-order valence-electron chi connectivity index (χ0n) is 9.13. The monoisotopic (exact) mass is 379 g/mol. The second kappa shape index (κ2) is 5.72. The second-order valence-corrected chi connectivity index (χ2v) is 6.16. The van der Waals surface area contributed by atoms with Gasteiger partial charge in [-0.2, -0.15) is 0 Å². The molecule has 0 N–H and O–H groups in total. The van der Waals surface area contributed by atoms with Gasteiger partial charge in [0.2, 0.25) is 5.91 Å². The van der Waals surface area contributed by atoms with Crippen LogP contribution in [0.15, 0.2) is 22.7 Å². The van der Waals surface area contributed by atoms with Gasteiger partial charge in [0.15, 0.2) is 0 Å². The fraction of sp³-hybridized carbons (Fsp3) is 0.417. The van der Waals surface area contributed by atoms with Gasteiger partial charge >= 0.3 is 0 Å². The van der Waals surface area contributed by atoms with Gasteiger partial charge in [0.25, 0.3) is 0 Å².